The van der Waals surface area contributed by atoms with Gasteiger partial charge in [-0.2, -0.15) is 0 Å². The first-order chi connectivity index (χ1) is 8.51. The SMILES string of the molecule is CCS(=O)(=O)c1ccc(NCC2(CN)CC2)cc1. The third-order valence-electron chi connectivity index (χ3n) is 3.65. The molecule has 2 rings (SSSR count). The molecule has 0 amide bonds. The molecule has 18 heavy (non-hydrogen) atoms. The van der Waals surface area contributed by atoms with Crippen molar-refractivity contribution >= 4 is 15.5 Å². The highest BCUT2D eigenvalue weighted by Gasteiger charge is 2.40. The third-order valence-corrected chi connectivity index (χ3v) is 5.40. The molecular weight excluding hydrogens is 248 g/mol. The van der Waals surface area contributed by atoms with E-state index in [9.17, 15) is 8.42 Å². The molecule has 5 heteroatoms. The summed E-state index contributed by atoms with van der Waals surface area (Å²) in [6.07, 6.45) is 2.36. The lowest BCUT2D eigenvalue weighted by atomic mass is 10.1. The highest BCUT2D eigenvalue weighted by atomic mass is 32.2. The Balaban J connectivity index is 2.00. The maximum Gasteiger partial charge on any atom is 0.178 e. The fourth-order valence-corrected chi connectivity index (χ4v) is 2.75. The fourth-order valence-electron chi connectivity index (χ4n) is 1.87. The van der Waals surface area contributed by atoms with Crippen molar-refractivity contribution in [3.63, 3.8) is 0 Å². The fraction of sp³-hybridized carbons (Fsp3) is 0.538. The van der Waals surface area contributed by atoms with Crippen LogP contribution in [0.25, 0.3) is 0 Å². The molecule has 0 saturated heterocycles. The quantitative estimate of drug-likeness (QED) is 0.822. The maximum absolute atomic E-state index is 11.6. The van der Waals surface area contributed by atoms with E-state index in [0.29, 0.717) is 11.4 Å². The molecule has 1 aromatic carbocycles. The largest absolute Gasteiger partial charge is 0.384 e. The van der Waals surface area contributed by atoms with Crippen LogP contribution in [0.3, 0.4) is 0 Å². The van der Waals surface area contributed by atoms with Crippen molar-refractivity contribution in [2.24, 2.45) is 11.1 Å². The molecule has 1 aliphatic rings. The van der Waals surface area contributed by atoms with Gasteiger partial charge in [-0.05, 0) is 49.1 Å². The molecule has 0 aliphatic heterocycles. The second kappa shape index (κ2) is 4.90. The lowest BCUT2D eigenvalue weighted by Crippen LogP contribution is -2.24. The normalized spacial score (nSPS) is 17.4. The molecule has 1 aromatic rings. The minimum absolute atomic E-state index is 0.135. The molecule has 0 spiro atoms. The van der Waals surface area contributed by atoms with Crippen LogP contribution >= 0.6 is 0 Å². The van der Waals surface area contributed by atoms with Crippen molar-refractivity contribution in [3.05, 3.63) is 24.3 Å². The predicted octanol–water partition coefficient (Wildman–Crippen LogP) is 1.63. The number of anilines is 1. The zero-order chi connectivity index (χ0) is 13.2. The summed E-state index contributed by atoms with van der Waals surface area (Å²) in [5, 5.41) is 3.32. The van der Waals surface area contributed by atoms with Gasteiger partial charge in [0.15, 0.2) is 9.84 Å². The standard InChI is InChI=1S/C13H20N2O2S/c1-2-18(16,17)12-5-3-11(4-6-12)15-10-13(9-14)7-8-13/h3-6,15H,2,7-10,14H2,1H3. The zero-order valence-electron chi connectivity index (χ0n) is 10.6. The molecule has 0 atom stereocenters. The number of hydrogen-bond donors (Lipinski definition) is 2. The maximum atomic E-state index is 11.6. The van der Waals surface area contributed by atoms with E-state index in [1.807, 2.05) is 12.1 Å². The van der Waals surface area contributed by atoms with E-state index in [-0.39, 0.29) is 11.2 Å². The third kappa shape index (κ3) is 2.84. The minimum atomic E-state index is -3.10. The molecule has 0 bridgehead atoms. The van der Waals surface area contributed by atoms with Crippen LogP contribution in [0.2, 0.25) is 0 Å². The molecule has 0 unspecified atom stereocenters. The van der Waals surface area contributed by atoms with Gasteiger partial charge in [-0.1, -0.05) is 6.92 Å². The monoisotopic (exact) mass is 268 g/mol. The molecule has 1 aliphatic carbocycles. The van der Waals surface area contributed by atoms with Crippen LogP contribution in [0.15, 0.2) is 29.2 Å². The lowest BCUT2D eigenvalue weighted by Gasteiger charge is -2.14. The van der Waals surface area contributed by atoms with Crippen LogP contribution in [-0.4, -0.2) is 27.3 Å². The van der Waals surface area contributed by atoms with Gasteiger partial charge in [0.1, 0.15) is 0 Å². The van der Waals surface area contributed by atoms with Gasteiger partial charge in [0, 0.05) is 12.2 Å². The van der Waals surface area contributed by atoms with Crippen LogP contribution in [0.5, 0.6) is 0 Å². The molecule has 1 saturated carbocycles. The van der Waals surface area contributed by atoms with Gasteiger partial charge in [-0.15, -0.1) is 0 Å². The Morgan fingerprint density at radius 2 is 1.89 bits per heavy atom. The second-order valence-corrected chi connectivity index (χ2v) is 7.26. The van der Waals surface area contributed by atoms with Gasteiger partial charge in [-0.25, -0.2) is 8.42 Å². The topological polar surface area (TPSA) is 72.2 Å². The number of rotatable bonds is 6. The first-order valence-electron chi connectivity index (χ1n) is 6.28. The summed E-state index contributed by atoms with van der Waals surface area (Å²) in [6, 6.07) is 6.94. The van der Waals surface area contributed by atoms with E-state index < -0.39 is 9.84 Å². The highest BCUT2D eigenvalue weighted by Crippen LogP contribution is 2.44. The average molecular weight is 268 g/mol. The summed E-state index contributed by atoms with van der Waals surface area (Å²) in [6.45, 7) is 3.23. The molecular formula is C13H20N2O2S. The average Bonchev–Trinajstić information content (AvgIpc) is 3.18. The van der Waals surface area contributed by atoms with Crippen LogP contribution in [0.4, 0.5) is 5.69 Å². The Morgan fingerprint density at radius 1 is 1.28 bits per heavy atom. The summed E-state index contributed by atoms with van der Waals surface area (Å²) in [5.41, 5.74) is 6.93. The van der Waals surface area contributed by atoms with Gasteiger partial charge >= 0.3 is 0 Å². The van der Waals surface area contributed by atoms with E-state index in [2.05, 4.69) is 5.32 Å². The number of nitrogens with one attached hydrogen (secondary N) is 1. The molecule has 0 heterocycles. The summed E-state index contributed by atoms with van der Waals surface area (Å²) < 4.78 is 23.3. The first kappa shape index (κ1) is 13.4. The molecule has 100 valence electrons. The van der Waals surface area contributed by atoms with Gasteiger partial charge in [0.05, 0.1) is 10.6 Å². The van der Waals surface area contributed by atoms with E-state index >= 15 is 0 Å². The number of nitrogens with two attached hydrogens (primary N) is 1. The summed E-state index contributed by atoms with van der Waals surface area (Å²) >= 11 is 0. The van der Waals surface area contributed by atoms with Crippen LogP contribution in [-0.2, 0) is 9.84 Å². The number of sulfone groups is 1. The number of hydrogen-bond acceptors (Lipinski definition) is 4. The Hall–Kier alpha value is -1.07. The Bertz CT molecular complexity index is 504. The highest BCUT2D eigenvalue weighted by molar-refractivity contribution is 7.91. The molecule has 4 nitrogen and oxygen atoms in total. The van der Waals surface area contributed by atoms with Crippen molar-refractivity contribution in [1.29, 1.82) is 0 Å². The minimum Gasteiger partial charge on any atom is -0.384 e. The van der Waals surface area contributed by atoms with E-state index in [1.54, 1.807) is 19.1 Å². The van der Waals surface area contributed by atoms with Gasteiger partial charge in [-0.3, -0.25) is 0 Å². The first-order valence-corrected chi connectivity index (χ1v) is 7.93. The Morgan fingerprint density at radius 3 is 2.33 bits per heavy atom. The van der Waals surface area contributed by atoms with E-state index in [0.717, 1.165) is 12.2 Å². The van der Waals surface area contributed by atoms with Crippen molar-refractivity contribution in [1.82, 2.24) is 0 Å². The summed E-state index contributed by atoms with van der Waals surface area (Å²) in [7, 11) is -3.10. The van der Waals surface area contributed by atoms with Crippen molar-refractivity contribution in [3.8, 4) is 0 Å². The predicted molar refractivity (Wildman–Crippen MR) is 73.4 cm³/mol. The van der Waals surface area contributed by atoms with Crippen LogP contribution < -0.4 is 11.1 Å². The van der Waals surface area contributed by atoms with Crippen molar-refractivity contribution in [2.45, 2.75) is 24.7 Å². The molecule has 0 radical (unpaired) electrons. The lowest BCUT2D eigenvalue weighted by molar-refractivity contribution is 0.556. The van der Waals surface area contributed by atoms with E-state index in [1.165, 1.54) is 12.8 Å². The molecule has 3 N–H and O–H groups in total. The Kier molecular flexibility index (Phi) is 3.64. The summed E-state index contributed by atoms with van der Waals surface area (Å²) in [4.78, 5) is 0.385. The van der Waals surface area contributed by atoms with Crippen LogP contribution in [0.1, 0.15) is 19.8 Å². The second-order valence-electron chi connectivity index (χ2n) is 4.99. The van der Waals surface area contributed by atoms with Gasteiger partial charge < -0.3 is 11.1 Å². The Labute approximate surface area is 108 Å². The van der Waals surface area contributed by atoms with Crippen molar-refractivity contribution < 1.29 is 8.42 Å². The summed E-state index contributed by atoms with van der Waals surface area (Å²) in [5.74, 6) is 0.135. The van der Waals surface area contributed by atoms with E-state index in [4.69, 9.17) is 5.73 Å². The number of benzene rings is 1. The smallest absolute Gasteiger partial charge is 0.178 e. The molecule has 0 aromatic heterocycles. The zero-order valence-corrected chi connectivity index (χ0v) is 11.5. The molecule has 1 fully saturated rings. The van der Waals surface area contributed by atoms with Gasteiger partial charge in [0.2, 0.25) is 0 Å². The van der Waals surface area contributed by atoms with Gasteiger partial charge in [0.25, 0.3) is 0 Å². The van der Waals surface area contributed by atoms with Crippen molar-refractivity contribution in [2.75, 3.05) is 24.2 Å². The van der Waals surface area contributed by atoms with Crippen LogP contribution in [0, 0.1) is 5.41 Å².